The lowest BCUT2D eigenvalue weighted by atomic mass is 10.1. The van der Waals surface area contributed by atoms with E-state index in [9.17, 15) is 18.0 Å². The van der Waals surface area contributed by atoms with E-state index in [4.69, 9.17) is 0 Å². The highest BCUT2D eigenvalue weighted by Gasteiger charge is 2.30. The Morgan fingerprint density at radius 3 is 1.94 bits per heavy atom. The lowest BCUT2D eigenvalue weighted by molar-refractivity contribution is -0.137. The summed E-state index contributed by atoms with van der Waals surface area (Å²) in [7, 11) is 0. The third-order valence-corrected chi connectivity index (χ3v) is 5.05. The number of amides is 1. The van der Waals surface area contributed by atoms with Crippen molar-refractivity contribution < 1.29 is 18.0 Å². The van der Waals surface area contributed by atoms with Crippen LogP contribution in [0.5, 0.6) is 0 Å². The normalized spacial score (nSPS) is 11.1. The molecule has 0 radical (unpaired) electrons. The maximum Gasteiger partial charge on any atom is 0.416 e. The Morgan fingerprint density at radius 1 is 0.743 bits per heavy atom. The highest BCUT2D eigenvalue weighted by atomic mass is 19.4. The number of anilines is 5. The molecule has 0 fully saturated rings. The van der Waals surface area contributed by atoms with Crippen molar-refractivity contribution in [2.24, 2.45) is 0 Å². The fourth-order valence-corrected chi connectivity index (χ4v) is 3.25. The number of hydrogen-bond acceptors (Lipinski definition) is 5. The smallest absolute Gasteiger partial charge is 0.340 e. The monoisotopic (exact) mass is 477 g/mol. The first-order chi connectivity index (χ1) is 16.7. The Morgan fingerprint density at radius 2 is 1.31 bits per heavy atom. The SMILES string of the molecule is Cc1ccc(Nc2cc(C)nc(Nc3ccc(NC(=O)c4ccc(C(F)(F)F)cc4)cc3)n2)cc1. The van der Waals surface area contributed by atoms with Crippen LogP contribution in [0.2, 0.25) is 0 Å². The van der Waals surface area contributed by atoms with Crippen molar-refractivity contribution in [2.45, 2.75) is 20.0 Å². The fraction of sp³-hybridized carbons (Fsp3) is 0.115. The zero-order chi connectivity index (χ0) is 25.0. The molecule has 1 heterocycles. The molecule has 0 spiro atoms. The van der Waals surface area contributed by atoms with Crippen LogP contribution in [0.25, 0.3) is 0 Å². The van der Waals surface area contributed by atoms with E-state index in [-0.39, 0.29) is 5.56 Å². The Kier molecular flexibility index (Phi) is 6.68. The minimum absolute atomic E-state index is 0.127. The third-order valence-electron chi connectivity index (χ3n) is 5.05. The molecule has 1 amide bonds. The van der Waals surface area contributed by atoms with Crippen LogP contribution in [-0.4, -0.2) is 15.9 Å². The van der Waals surface area contributed by atoms with Gasteiger partial charge in [-0.15, -0.1) is 0 Å². The molecule has 4 rings (SSSR count). The average molecular weight is 477 g/mol. The fourth-order valence-electron chi connectivity index (χ4n) is 3.25. The Balaban J connectivity index is 1.40. The van der Waals surface area contributed by atoms with Gasteiger partial charge in [0.25, 0.3) is 5.91 Å². The molecule has 35 heavy (non-hydrogen) atoms. The Hall–Kier alpha value is -4.40. The minimum Gasteiger partial charge on any atom is -0.340 e. The van der Waals surface area contributed by atoms with E-state index in [2.05, 4.69) is 25.9 Å². The summed E-state index contributed by atoms with van der Waals surface area (Å²) >= 11 is 0. The summed E-state index contributed by atoms with van der Waals surface area (Å²) in [5.41, 5.74) is 3.36. The summed E-state index contributed by atoms with van der Waals surface area (Å²) in [6.07, 6.45) is -4.45. The van der Waals surface area contributed by atoms with Crippen molar-refractivity contribution in [1.82, 2.24) is 9.97 Å². The van der Waals surface area contributed by atoms with Crippen LogP contribution in [0.4, 0.5) is 42.0 Å². The number of benzene rings is 3. The van der Waals surface area contributed by atoms with Crippen molar-refractivity contribution in [3.63, 3.8) is 0 Å². The van der Waals surface area contributed by atoms with E-state index in [1.165, 1.54) is 0 Å². The number of aryl methyl sites for hydroxylation is 2. The van der Waals surface area contributed by atoms with Gasteiger partial charge in [-0.1, -0.05) is 17.7 Å². The number of rotatable bonds is 6. The van der Waals surface area contributed by atoms with E-state index in [1.807, 2.05) is 44.2 Å². The van der Waals surface area contributed by atoms with Gasteiger partial charge in [0.2, 0.25) is 5.95 Å². The largest absolute Gasteiger partial charge is 0.416 e. The molecule has 0 aliphatic carbocycles. The van der Waals surface area contributed by atoms with Gasteiger partial charge in [0.15, 0.2) is 0 Å². The van der Waals surface area contributed by atoms with Crippen molar-refractivity contribution >= 4 is 34.7 Å². The van der Waals surface area contributed by atoms with Crippen molar-refractivity contribution in [3.8, 4) is 0 Å². The van der Waals surface area contributed by atoms with Crippen LogP contribution in [0.1, 0.15) is 27.2 Å². The number of aromatic nitrogens is 2. The zero-order valence-electron chi connectivity index (χ0n) is 18.9. The first-order valence-electron chi connectivity index (χ1n) is 10.7. The lowest BCUT2D eigenvalue weighted by Crippen LogP contribution is -2.12. The highest BCUT2D eigenvalue weighted by molar-refractivity contribution is 6.04. The van der Waals surface area contributed by atoms with Gasteiger partial charge in [0, 0.05) is 34.4 Å². The Labute approximate surface area is 200 Å². The molecule has 0 aliphatic rings. The summed E-state index contributed by atoms with van der Waals surface area (Å²) in [6, 6.07) is 20.7. The molecule has 1 aromatic heterocycles. The molecule has 3 aromatic carbocycles. The van der Waals surface area contributed by atoms with E-state index in [0.717, 1.165) is 41.2 Å². The summed E-state index contributed by atoms with van der Waals surface area (Å²) in [6.45, 7) is 3.89. The predicted molar refractivity (Wildman–Crippen MR) is 130 cm³/mol. The molecule has 6 nitrogen and oxygen atoms in total. The van der Waals surface area contributed by atoms with E-state index in [0.29, 0.717) is 23.1 Å². The molecule has 178 valence electrons. The second-order valence-electron chi connectivity index (χ2n) is 7.94. The summed E-state index contributed by atoms with van der Waals surface area (Å²) in [5.74, 6) is 0.540. The molecule has 9 heteroatoms. The summed E-state index contributed by atoms with van der Waals surface area (Å²) in [4.78, 5) is 21.3. The van der Waals surface area contributed by atoms with Gasteiger partial charge in [-0.05, 0) is 74.5 Å². The van der Waals surface area contributed by atoms with Crippen LogP contribution in [0.15, 0.2) is 78.9 Å². The average Bonchev–Trinajstić information content (AvgIpc) is 2.81. The number of nitrogens with zero attached hydrogens (tertiary/aromatic N) is 2. The quantitative estimate of drug-likeness (QED) is 0.283. The molecule has 4 aromatic rings. The van der Waals surface area contributed by atoms with Crippen LogP contribution in [0.3, 0.4) is 0 Å². The van der Waals surface area contributed by atoms with Gasteiger partial charge >= 0.3 is 6.18 Å². The summed E-state index contributed by atoms with van der Waals surface area (Å²) < 4.78 is 38.1. The van der Waals surface area contributed by atoms with Gasteiger partial charge < -0.3 is 16.0 Å². The molecular formula is C26H22F3N5O. The van der Waals surface area contributed by atoms with Crippen LogP contribution < -0.4 is 16.0 Å². The number of hydrogen-bond donors (Lipinski definition) is 3. The van der Waals surface area contributed by atoms with Gasteiger partial charge in [-0.25, -0.2) is 4.98 Å². The predicted octanol–water partition coefficient (Wildman–Crippen LogP) is 6.85. The number of carbonyl (C=O) groups excluding carboxylic acids is 1. The van der Waals surface area contributed by atoms with Gasteiger partial charge in [0.1, 0.15) is 5.82 Å². The van der Waals surface area contributed by atoms with Crippen molar-refractivity contribution in [3.05, 3.63) is 101 Å². The number of carbonyl (C=O) groups is 1. The lowest BCUT2D eigenvalue weighted by Gasteiger charge is -2.11. The molecule has 0 bridgehead atoms. The second kappa shape index (κ2) is 9.84. The standard InChI is InChI=1S/C26H22F3N5O/c1-16-3-9-20(10-4-16)31-23-15-17(2)30-25(34-23)33-22-13-11-21(12-14-22)32-24(35)18-5-7-19(8-6-18)26(27,28)29/h3-15H,1-2H3,(H,32,35)(H2,30,31,33,34). The molecule has 0 saturated carbocycles. The van der Waals surface area contributed by atoms with Gasteiger partial charge in [-0.3, -0.25) is 4.79 Å². The van der Waals surface area contributed by atoms with E-state index < -0.39 is 17.6 Å². The second-order valence-corrected chi connectivity index (χ2v) is 7.94. The van der Waals surface area contributed by atoms with Crippen molar-refractivity contribution in [1.29, 1.82) is 0 Å². The van der Waals surface area contributed by atoms with Crippen LogP contribution >= 0.6 is 0 Å². The van der Waals surface area contributed by atoms with E-state index >= 15 is 0 Å². The van der Waals surface area contributed by atoms with Crippen LogP contribution in [0, 0.1) is 13.8 Å². The first kappa shape index (κ1) is 23.7. The van der Waals surface area contributed by atoms with Gasteiger partial charge in [-0.2, -0.15) is 18.2 Å². The third kappa shape index (κ3) is 6.35. The molecule has 0 saturated heterocycles. The number of alkyl halides is 3. The number of halogens is 3. The first-order valence-corrected chi connectivity index (χ1v) is 10.7. The Bertz CT molecular complexity index is 1320. The maximum absolute atomic E-state index is 12.7. The molecule has 0 unspecified atom stereocenters. The topological polar surface area (TPSA) is 78.9 Å². The molecule has 0 atom stereocenters. The van der Waals surface area contributed by atoms with Gasteiger partial charge in [0.05, 0.1) is 5.56 Å². The minimum atomic E-state index is -4.45. The molecule has 3 N–H and O–H groups in total. The van der Waals surface area contributed by atoms with Crippen LogP contribution in [-0.2, 0) is 6.18 Å². The number of nitrogens with one attached hydrogen (secondary N) is 3. The molecule has 0 aliphatic heterocycles. The molecular weight excluding hydrogens is 455 g/mol. The highest BCUT2D eigenvalue weighted by Crippen LogP contribution is 2.29. The van der Waals surface area contributed by atoms with Crippen molar-refractivity contribution in [2.75, 3.05) is 16.0 Å². The van der Waals surface area contributed by atoms with E-state index in [1.54, 1.807) is 24.3 Å². The maximum atomic E-state index is 12.7. The zero-order valence-corrected chi connectivity index (χ0v) is 18.9. The summed E-state index contributed by atoms with van der Waals surface area (Å²) in [5, 5.41) is 9.05.